The fourth-order valence-corrected chi connectivity index (χ4v) is 1.79. The Labute approximate surface area is 116 Å². The molecule has 7 heteroatoms. The normalized spacial score (nSPS) is 10.9. The van der Waals surface area contributed by atoms with Gasteiger partial charge in [0.25, 0.3) is 5.56 Å². The lowest BCUT2D eigenvalue weighted by Crippen LogP contribution is -2.10. The Morgan fingerprint density at radius 2 is 2.26 bits per heavy atom. The Balaban J connectivity index is 2.15. The molecule has 2 aromatic rings. The molecule has 1 heterocycles. The van der Waals surface area contributed by atoms with Crippen molar-refractivity contribution >= 4 is 28.1 Å². The number of halogens is 2. The van der Waals surface area contributed by atoms with Gasteiger partial charge in [0.2, 0.25) is 5.95 Å². The number of hydrazone groups is 1. The predicted octanol–water partition coefficient (Wildman–Crippen LogP) is 2.43. The topological polar surface area (TPSA) is 70.1 Å². The molecule has 98 valence electrons. The quantitative estimate of drug-likeness (QED) is 0.673. The van der Waals surface area contributed by atoms with Crippen molar-refractivity contribution in [3.05, 3.63) is 56.2 Å². The summed E-state index contributed by atoms with van der Waals surface area (Å²) < 4.78 is 14.2. The van der Waals surface area contributed by atoms with Gasteiger partial charge in [0, 0.05) is 21.8 Å². The Bertz CT molecular complexity index is 684. The number of benzene rings is 1. The minimum atomic E-state index is -0.389. The molecule has 1 aromatic carbocycles. The number of aryl methyl sites for hydroxylation is 1. The van der Waals surface area contributed by atoms with Crippen LogP contribution in [0.3, 0.4) is 0 Å². The average molecular weight is 325 g/mol. The molecule has 1 aromatic heterocycles. The molecule has 0 fully saturated rings. The van der Waals surface area contributed by atoms with Crippen LogP contribution in [-0.2, 0) is 0 Å². The summed E-state index contributed by atoms with van der Waals surface area (Å²) in [5.41, 5.74) is 3.14. The number of hydrogen-bond acceptors (Lipinski definition) is 4. The van der Waals surface area contributed by atoms with Gasteiger partial charge in [-0.05, 0) is 25.1 Å². The van der Waals surface area contributed by atoms with Gasteiger partial charge in [-0.25, -0.2) is 14.8 Å². The summed E-state index contributed by atoms with van der Waals surface area (Å²) in [5.74, 6) is -0.184. The van der Waals surface area contributed by atoms with E-state index in [-0.39, 0.29) is 17.3 Å². The first-order valence-electron chi connectivity index (χ1n) is 5.37. The second-order valence-corrected chi connectivity index (χ2v) is 4.69. The van der Waals surface area contributed by atoms with E-state index in [9.17, 15) is 9.18 Å². The predicted molar refractivity (Wildman–Crippen MR) is 74.9 cm³/mol. The van der Waals surface area contributed by atoms with Crippen molar-refractivity contribution in [2.75, 3.05) is 5.43 Å². The number of nitrogens with zero attached hydrogens (tertiary/aromatic N) is 2. The van der Waals surface area contributed by atoms with E-state index in [1.165, 1.54) is 18.3 Å². The van der Waals surface area contributed by atoms with Gasteiger partial charge < -0.3 is 0 Å². The lowest BCUT2D eigenvalue weighted by Gasteiger charge is -2.00. The van der Waals surface area contributed by atoms with Crippen LogP contribution in [0.25, 0.3) is 0 Å². The molecule has 0 atom stereocenters. The number of H-pyrrole nitrogens is 1. The molecule has 5 nitrogen and oxygen atoms in total. The molecule has 0 saturated heterocycles. The molecule has 0 radical (unpaired) electrons. The first-order valence-corrected chi connectivity index (χ1v) is 6.16. The van der Waals surface area contributed by atoms with Crippen molar-refractivity contribution in [1.82, 2.24) is 9.97 Å². The zero-order chi connectivity index (χ0) is 13.8. The molecule has 0 bridgehead atoms. The van der Waals surface area contributed by atoms with Crippen LogP contribution in [0.1, 0.15) is 11.3 Å². The van der Waals surface area contributed by atoms with E-state index in [0.717, 1.165) is 4.47 Å². The van der Waals surface area contributed by atoms with Gasteiger partial charge in [0.1, 0.15) is 5.82 Å². The van der Waals surface area contributed by atoms with E-state index in [0.29, 0.717) is 11.3 Å². The Hall–Kier alpha value is -2.02. The van der Waals surface area contributed by atoms with Crippen LogP contribution in [0.2, 0.25) is 0 Å². The van der Waals surface area contributed by atoms with Crippen LogP contribution in [0.4, 0.5) is 10.3 Å². The first kappa shape index (κ1) is 13.4. The summed E-state index contributed by atoms with van der Waals surface area (Å²) in [5, 5.41) is 3.83. The third-order valence-electron chi connectivity index (χ3n) is 2.20. The molecular formula is C12H10BrFN4O. The number of nitrogens with one attached hydrogen (secondary N) is 2. The fraction of sp³-hybridized carbons (Fsp3) is 0.0833. The van der Waals surface area contributed by atoms with Gasteiger partial charge >= 0.3 is 0 Å². The highest BCUT2D eigenvalue weighted by Crippen LogP contribution is 2.13. The first-order chi connectivity index (χ1) is 9.04. The highest BCUT2D eigenvalue weighted by atomic mass is 79.9. The van der Waals surface area contributed by atoms with Crippen molar-refractivity contribution < 1.29 is 4.39 Å². The molecule has 2 rings (SSSR count). The summed E-state index contributed by atoms with van der Waals surface area (Å²) >= 11 is 3.24. The van der Waals surface area contributed by atoms with E-state index in [1.807, 2.05) is 0 Å². The molecular weight excluding hydrogens is 315 g/mol. The molecule has 0 aliphatic carbocycles. The maximum atomic E-state index is 13.4. The van der Waals surface area contributed by atoms with Gasteiger partial charge in [-0.3, -0.25) is 9.78 Å². The molecule has 0 unspecified atom stereocenters. The van der Waals surface area contributed by atoms with E-state index < -0.39 is 0 Å². The molecule has 0 spiro atoms. The summed E-state index contributed by atoms with van der Waals surface area (Å²) in [6.45, 7) is 1.69. The minimum Gasteiger partial charge on any atom is -0.291 e. The molecule has 2 N–H and O–H groups in total. The lowest BCUT2D eigenvalue weighted by atomic mass is 10.2. The summed E-state index contributed by atoms with van der Waals surface area (Å²) in [7, 11) is 0. The highest BCUT2D eigenvalue weighted by Gasteiger charge is 2.00. The minimum absolute atomic E-state index is 0.205. The number of anilines is 1. The lowest BCUT2D eigenvalue weighted by molar-refractivity contribution is 0.625. The SMILES string of the molecule is Cc1cc(=O)[nH]c(N/N=C\c2cc(Br)ccc2F)n1. The van der Waals surface area contributed by atoms with Gasteiger partial charge in [0.05, 0.1) is 6.21 Å². The molecule has 0 aliphatic rings. The largest absolute Gasteiger partial charge is 0.291 e. The average Bonchev–Trinajstić information content (AvgIpc) is 2.32. The van der Waals surface area contributed by atoms with Crippen LogP contribution in [0, 0.1) is 12.7 Å². The third kappa shape index (κ3) is 3.72. The number of rotatable bonds is 3. The van der Waals surface area contributed by atoms with E-state index in [1.54, 1.807) is 19.1 Å². The van der Waals surface area contributed by atoms with E-state index in [2.05, 4.69) is 36.4 Å². The number of aromatic nitrogens is 2. The van der Waals surface area contributed by atoms with Crippen LogP contribution in [0.5, 0.6) is 0 Å². The van der Waals surface area contributed by atoms with Crippen molar-refractivity contribution in [1.29, 1.82) is 0 Å². The van der Waals surface area contributed by atoms with Crippen LogP contribution < -0.4 is 11.0 Å². The van der Waals surface area contributed by atoms with Crippen molar-refractivity contribution in [2.45, 2.75) is 6.92 Å². The Morgan fingerprint density at radius 3 is 3.00 bits per heavy atom. The highest BCUT2D eigenvalue weighted by molar-refractivity contribution is 9.10. The van der Waals surface area contributed by atoms with Gasteiger partial charge in [-0.15, -0.1) is 0 Å². The van der Waals surface area contributed by atoms with Crippen LogP contribution in [-0.4, -0.2) is 16.2 Å². The summed E-state index contributed by atoms with van der Waals surface area (Å²) in [4.78, 5) is 17.7. The number of hydrogen-bond donors (Lipinski definition) is 2. The van der Waals surface area contributed by atoms with E-state index >= 15 is 0 Å². The summed E-state index contributed by atoms with van der Waals surface area (Å²) in [6.07, 6.45) is 1.31. The van der Waals surface area contributed by atoms with Crippen LogP contribution >= 0.6 is 15.9 Å². The summed E-state index contributed by atoms with van der Waals surface area (Å²) in [6, 6.07) is 5.88. The monoisotopic (exact) mass is 324 g/mol. The zero-order valence-electron chi connectivity index (χ0n) is 9.95. The second-order valence-electron chi connectivity index (χ2n) is 3.77. The number of aromatic amines is 1. The molecule has 0 amide bonds. The Kier molecular flexibility index (Phi) is 4.06. The zero-order valence-corrected chi connectivity index (χ0v) is 11.5. The second kappa shape index (κ2) is 5.75. The smallest absolute Gasteiger partial charge is 0.252 e. The standard InChI is InChI=1S/C12H10BrFN4O/c1-7-4-11(19)17-12(16-7)18-15-6-8-5-9(13)2-3-10(8)14/h2-6H,1H3,(H2,16,17,18,19)/b15-6-. The molecule has 0 aliphatic heterocycles. The fourth-order valence-electron chi connectivity index (χ4n) is 1.41. The maximum Gasteiger partial charge on any atom is 0.252 e. The molecule has 19 heavy (non-hydrogen) atoms. The van der Waals surface area contributed by atoms with Crippen molar-refractivity contribution in [2.24, 2.45) is 5.10 Å². The van der Waals surface area contributed by atoms with Crippen molar-refractivity contribution in [3.63, 3.8) is 0 Å². The third-order valence-corrected chi connectivity index (χ3v) is 2.70. The van der Waals surface area contributed by atoms with E-state index in [4.69, 9.17) is 0 Å². The maximum absolute atomic E-state index is 13.4. The van der Waals surface area contributed by atoms with Crippen LogP contribution in [0.15, 0.2) is 38.6 Å². The van der Waals surface area contributed by atoms with Crippen molar-refractivity contribution in [3.8, 4) is 0 Å². The van der Waals surface area contributed by atoms with Gasteiger partial charge in [0.15, 0.2) is 0 Å². The van der Waals surface area contributed by atoms with Gasteiger partial charge in [-0.2, -0.15) is 5.10 Å². The Morgan fingerprint density at radius 1 is 1.47 bits per heavy atom. The molecule has 0 saturated carbocycles. The van der Waals surface area contributed by atoms with Gasteiger partial charge in [-0.1, -0.05) is 15.9 Å².